The Labute approximate surface area is 133 Å². The van der Waals surface area contributed by atoms with Crippen molar-refractivity contribution in [1.82, 2.24) is 19.4 Å². The second-order valence-corrected chi connectivity index (χ2v) is 7.51. The van der Waals surface area contributed by atoms with E-state index in [-0.39, 0.29) is 5.41 Å². The van der Waals surface area contributed by atoms with Gasteiger partial charge in [-0.2, -0.15) is 0 Å². The molecule has 0 unspecified atom stereocenters. The minimum atomic E-state index is 0.130. The molecule has 0 radical (unpaired) electrons. The molecule has 0 saturated carbocycles. The quantitative estimate of drug-likeness (QED) is 0.941. The van der Waals surface area contributed by atoms with Crippen molar-refractivity contribution in [1.29, 1.82) is 0 Å². The van der Waals surface area contributed by atoms with E-state index in [9.17, 15) is 0 Å². The lowest BCUT2D eigenvalue weighted by atomic mass is 9.93. The molecule has 120 valence electrons. The van der Waals surface area contributed by atoms with E-state index in [1.807, 2.05) is 0 Å². The van der Waals surface area contributed by atoms with E-state index in [4.69, 9.17) is 4.98 Å². The summed E-state index contributed by atoms with van der Waals surface area (Å²) in [6, 6.07) is 4.27. The fourth-order valence-electron chi connectivity index (χ4n) is 3.18. The van der Waals surface area contributed by atoms with E-state index < -0.39 is 0 Å². The first kappa shape index (κ1) is 15.3. The second-order valence-electron chi connectivity index (χ2n) is 7.51. The van der Waals surface area contributed by atoms with Gasteiger partial charge in [-0.25, -0.2) is 4.98 Å². The van der Waals surface area contributed by atoms with Crippen LogP contribution in [0.25, 0.3) is 0 Å². The van der Waals surface area contributed by atoms with Crippen LogP contribution in [0.3, 0.4) is 0 Å². The van der Waals surface area contributed by atoms with Crippen molar-refractivity contribution in [2.24, 2.45) is 7.05 Å². The van der Waals surface area contributed by atoms with E-state index in [1.165, 1.54) is 30.1 Å². The Morgan fingerprint density at radius 2 is 2.18 bits per heavy atom. The molecule has 2 aromatic rings. The molecule has 0 amide bonds. The summed E-state index contributed by atoms with van der Waals surface area (Å²) in [6.45, 7) is 9.77. The Bertz CT molecular complexity index is 630. The van der Waals surface area contributed by atoms with Crippen LogP contribution in [0.1, 0.15) is 56.7 Å². The highest BCUT2D eigenvalue weighted by Crippen LogP contribution is 2.30. The molecular weight excluding hydrogens is 272 g/mol. The molecular formula is C18H28N4. The van der Waals surface area contributed by atoms with Gasteiger partial charge in [-0.3, -0.25) is 0 Å². The minimum absolute atomic E-state index is 0.130. The zero-order valence-electron chi connectivity index (χ0n) is 14.3. The third kappa shape index (κ3) is 3.12. The monoisotopic (exact) mass is 300 g/mol. The SMILES string of the molecule is Cn1cccc1CNC[C@H]1CCCn2cc(C(C)(C)C)nc21. The highest BCUT2D eigenvalue weighted by atomic mass is 15.1. The Balaban J connectivity index is 1.67. The second kappa shape index (κ2) is 5.92. The number of aromatic nitrogens is 3. The largest absolute Gasteiger partial charge is 0.353 e. The first-order chi connectivity index (χ1) is 10.4. The maximum atomic E-state index is 4.95. The Hall–Kier alpha value is -1.55. The number of aryl methyl sites for hydroxylation is 2. The van der Waals surface area contributed by atoms with Gasteiger partial charge in [0.15, 0.2) is 0 Å². The molecule has 1 N–H and O–H groups in total. The zero-order valence-corrected chi connectivity index (χ0v) is 14.3. The summed E-state index contributed by atoms with van der Waals surface area (Å²) in [5, 5.41) is 3.61. The van der Waals surface area contributed by atoms with Crippen molar-refractivity contribution in [3.8, 4) is 0 Å². The highest BCUT2D eigenvalue weighted by Gasteiger charge is 2.26. The van der Waals surface area contributed by atoms with Crippen LogP contribution in [-0.4, -0.2) is 20.7 Å². The highest BCUT2D eigenvalue weighted by molar-refractivity contribution is 5.17. The molecule has 1 aliphatic rings. The maximum Gasteiger partial charge on any atom is 0.113 e. The molecule has 0 saturated heterocycles. The molecule has 1 atom stereocenters. The van der Waals surface area contributed by atoms with Crippen LogP contribution in [-0.2, 0) is 25.6 Å². The Morgan fingerprint density at radius 1 is 1.36 bits per heavy atom. The van der Waals surface area contributed by atoms with Gasteiger partial charge in [0.05, 0.1) is 5.69 Å². The molecule has 0 aromatic carbocycles. The number of fused-ring (bicyclic) bond motifs is 1. The van der Waals surface area contributed by atoms with Crippen LogP contribution >= 0.6 is 0 Å². The van der Waals surface area contributed by atoms with Gasteiger partial charge < -0.3 is 14.5 Å². The predicted molar refractivity (Wildman–Crippen MR) is 90.0 cm³/mol. The van der Waals surface area contributed by atoms with Crippen LogP contribution in [0.2, 0.25) is 0 Å². The van der Waals surface area contributed by atoms with Crippen molar-refractivity contribution < 1.29 is 0 Å². The van der Waals surface area contributed by atoms with E-state index in [0.717, 1.165) is 19.6 Å². The van der Waals surface area contributed by atoms with Crippen LogP contribution in [0.4, 0.5) is 0 Å². The summed E-state index contributed by atoms with van der Waals surface area (Å²) in [7, 11) is 2.10. The number of nitrogens with one attached hydrogen (secondary N) is 1. The van der Waals surface area contributed by atoms with Crippen molar-refractivity contribution in [3.63, 3.8) is 0 Å². The summed E-state index contributed by atoms with van der Waals surface area (Å²) >= 11 is 0. The minimum Gasteiger partial charge on any atom is -0.353 e. The van der Waals surface area contributed by atoms with Gasteiger partial charge >= 0.3 is 0 Å². The smallest absolute Gasteiger partial charge is 0.113 e. The van der Waals surface area contributed by atoms with Gasteiger partial charge in [0, 0.05) is 56.1 Å². The van der Waals surface area contributed by atoms with Crippen molar-refractivity contribution in [2.45, 2.75) is 58.0 Å². The lowest BCUT2D eigenvalue weighted by molar-refractivity contribution is 0.421. The number of nitrogens with zero attached hydrogens (tertiary/aromatic N) is 3. The lowest BCUT2D eigenvalue weighted by Crippen LogP contribution is -2.27. The van der Waals surface area contributed by atoms with Gasteiger partial charge in [-0.15, -0.1) is 0 Å². The number of rotatable bonds is 4. The molecule has 0 bridgehead atoms. The normalized spacial score (nSPS) is 18.5. The summed E-state index contributed by atoms with van der Waals surface area (Å²) < 4.78 is 4.55. The molecule has 4 nitrogen and oxygen atoms in total. The number of hydrogen-bond acceptors (Lipinski definition) is 2. The van der Waals surface area contributed by atoms with Crippen LogP contribution in [0.5, 0.6) is 0 Å². The van der Waals surface area contributed by atoms with Crippen LogP contribution < -0.4 is 5.32 Å². The molecule has 3 rings (SSSR count). The summed E-state index contributed by atoms with van der Waals surface area (Å²) in [5.74, 6) is 1.81. The predicted octanol–water partition coefficient (Wildman–Crippen LogP) is 3.19. The van der Waals surface area contributed by atoms with Gasteiger partial charge in [0.1, 0.15) is 5.82 Å². The molecule has 0 aliphatic carbocycles. The van der Waals surface area contributed by atoms with Gasteiger partial charge in [-0.05, 0) is 25.0 Å². The average Bonchev–Trinajstić information content (AvgIpc) is 3.05. The third-order valence-corrected chi connectivity index (χ3v) is 4.64. The first-order valence-electron chi connectivity index (χ1n) is 8.33. The average molecular weight is 300 g/mol. The number of imidazole rings is 1. The fourth-order valence-corrected chi connectivity index (χ4v) is 3.18. The first-order valence-corrected chi connectivity index (χ1v) is 8.33. The molecule has 0 spiro atoms. The molecule has 0 fully saturated rings. The topological polar surface area (TPSA) is 34.8 Å². The van der Waals surface area contributed by atoms with Gasteiger partial charge in [0.25, 0.3) is 0 Å². The van der Waals surface area contributed by atoms with Crippen molar-refractivity contribution in [3.05, 3.63) is 41.7 Å². The lowest BCUT2D eigenvalue weighted by Gasteiger charge is -2.23. The summed E-state index contributed by atoms with van der Waals surface area (Å²) in [5.41, 5.74) is 2.68. The van der Waals surface area contributed by atoms with E-state index in [0.29, 0.717) is 5.92 Å². The molecule has 2 aromatic heterocycles. The summed E-state index contributed by atoms with van der Waals surface area (Å²) in [4.78, 5) is 4.95. The third-order valence-electron chi connectivity index (χ3n) is 4.64. The van der Waals surface area contributed by atoms with Crippen molar-refractivity contribution >= 4 is 0 Å². The van der Waals surface area contributed by atoms with E-state index in [2.05, 4.69) is 66.8 Å². The van der Waals surface area contributed by atoms with Crippen LogP contribution in [0, 0.1) is 0 Å². The maximum absolute atomic E-state index is 4.95. The Kier molecular flexibility index (Phi) is 4.13. The molecule has 1 aliphatic heterocycles. The summed E-state index contributed by atoms with van der Waals surface area (Å²) in [6.07, 6.45) is 6.85. The number of hydrogen-bond donors (Lipinski definition) is 1. The van der Waals surface area contributed by atoms with Crippen LogP contribution in [0.15, 0.2) is 24.5 Å². The van der Waals surface area contributed by atoms with E-state index in [1.54, 1.807) is 0 Å². The fraction of sp³-hybridized carbons (Fsp3) is 0.611. The van der Waals surface area contributed by atoms with E-state index >= 15 is 0 Å². The molecule has 3 heterocycles. The van der Waals surface area contributed by atoms with Gasteiger partial charge in [-0.1, -0.05) is 20.8 Å². The zero-order chi connectivity index (χ0) is 15.7. The molecule has 22 heavy (non-hydrogen) atoms. The van der Waals surface area contributed by atoms with Gasteiger partial charge in [0.2, 0.25) is 0 Å². The van der Waals surface area contributed by atoms with Crippen molar-refractivity contribution in [2.75, 3.05) is 6.54 Å². The molecule has 4 heteroatoms. The Morgan fingerprint density at radius 3 is 2.86 bits per heavy atom. The standard InChI is InChI=1S/C18H28N4/c1-18(2,3)16-13-22-10-5-7-14(17(22)20-16)11-19-12-15-8-6-9-21(15)4/h6,8-9,13-14,19H,5,7,10-12H2,1-4H3/t14-/m1/s1.